The largest absolute Gasteiger partial charge is 0.482 e. The molecule has 7 heteroatoms. The lowest BCUT2D eigenvalue weighted by Crippen LogP contribution is -2.42. The Bertz CT molecular complexity index is 813. The molecule has 0 radical (unpaired) electrons. The number of aryl methyl sites for hydroxylation is 1. The van der Waals surface area contributed by atoms with Gasteiger partial charge in [-0.15, -0.1) is 11.3 Å². The summed E-state index contributed by atoms with van der Waals surface area (Å²) in [7, 11) is 1.26. The van der Waals surface area contributed by atoms with Gasteiger partial charge in [-0.25, -0.2) is 0 Å². The van der Waals surface area contributed by atoms with Gasteiger partial charge >= 0.3 is 5.97 Å². The minimum absolute atomic E-state index is 0.124. The van der Waals surface area contributed by atoms with Crippen LogP contribution in [0, 0.1) is 6.92 Å². The number of nitrogens with zero attached hydrogens (tertiary/aromatic N) is 1. The number of fused-ring (bicyclic) bond motifs is 1. The Labute approximate surface area is 142 Å². The van der Waals surface area contributed by atoms with Crippen LogP contribution < -0.4 is 9.64 Å². The summed E-state index contributed by atoms with van der Waals surface area (Å²) >= 11 is 1.35. The fourth-order valence-electron chi connectivity index (χ4n) is 2.50. The molecule has 0 unspecified atom stereocenters. The Morgan fingerprint density at radius 2 is 2.17 bits per heavy atom. The molecule has 0 saturated carbocycles. The van der Waals surface area contributed by atoms with Crippen molar-refractivity contribution in [3.63, 3.8) is 0 Å². The molecule has 0 N–H and O–H groups in total. The number of anilines is 1. The SMILES string of the molecule is COC(=O)CN1C(=O)COc2cc(C)c(C(=O)c3cccs3)cc21. The fourth-order valence-corrected chi connectivity index (χ4v) is 3.18. The Balaban J connectivity index is 2.04. The van der Waals surface area contributed by atoms with Crippen LogP contribution in [-0.2, 0) is 14.3 Å². The molecule has 124 valence electrons. The zero-order chi connectivity index (χ0) is 17.3. The van der Waals surface area contributed by atoms with Gasteiger partial charge in [0, 0.05) is 5.56 Å². The number of hydrogen-bond donors (Lipinski definition) is 0. The minimum atomic E-state index is -0.539. The lowest BCUT2D eigenvalue weighted by Gasteiger charge is -2.29. The molecule has 3 rings (SSSR count). The molecule has 0 atom stereocenters. The standard InChI is InChI=1S/C17H15NO5S/c1-10-6-13-12(7-11(10)17(21)14-4-3-5-24-14)18(8-16(20)22-2)15(19)9-23-13/h3-7H,8-9H2,1-2H3. The van der Waals surface area contributed by atoms with Gasteiger partial charge in [0.25, 0.3) is 5.91 Å². The number of ether oxygens (including phenoxy) is 2. The van der Waals surface area contributed by atoms with E-state index < -0.39 is 5.97 Å². The monoisotopic (exact) mass is 345 g/mol. The number of thiophene rings is 1. The van der Waals surface area contributed by atoms with E-state index in [1.54, 1.807) is 18.2 Å². The van der Waals surface area contributed by atoms with Crippen LogP contribution in [0.4, 0.5) is 5.69 Å². The summed E-state index contributed by atoms with van der Waals surface area (Å²) in [6.07, 6.45) is 0. The van der Waals surface area contributed by atoms with E-state index in [0.29, 0.717) is 21.9 Å². The van der Waals surface area contributed by atoms with Gasteiger partial charge in [-0.05, 0) is 36.1 Å². The van der Waals surface area contributed by atoms with Crippen LogP contribution in [0.25, 0.3) is 0 Å². The first-order chi connectivity index (χ1) is 11.5. The van der Waals surface area contributed by atoms with E-state index in [0.717, 1.165) is 5.56 Å². The average molecular weight is 345 g/mol. The third-order valence-corrected chi connectivity index (χ3v) is 4.62. The maximum absolute atomic E-state index is 12.7. The number of rotatable bonds is 4. The molecular weight excluding hydrogens is 330 g/mol. The van der Waals surface area contributed by atoms with Crippen LogP contribution in [0.3, 0.4) is 0 Å². The van der Waals surface area contributed by atoms with E-state index >= 15 is 0 Å². The van der Waals surface area contributed by atoms with Gasteiger partial charge in [-0.1, -0.05) is 6.07 Å². The van der Waals surface area contributed by atoms with Gasteiger partial charge < -0.3 is 9.47 Å². The molecular formula is C17H15NO5S. The van der Waals surface area contributed by atoms with Crippen molar-refractivity contribution in [1.82, 2.24) is 0 Å². The molecule has 1 aromatic heterocycles. The van der Waals surface area contributed by atoms with Crippen molar-refractivity contribution >= 4 is 34.7 Å². The van der Waals surface area contributed by atoms with Crippen molar-refractivity contribution in [3.05, 3.63) is 45.6 Å². The normalized spacial score (nSPS) is 13.2. The maximum Gasteiger partial charge on any atom is 0.325 e. The van der Waals surface area contributed by atoms with Crippen molar-refractivity contribution in [2.45, 2.75) is 6.92 Å². The quantitative estimate of drug-likeness (QED) is 0.627. The van der Waals surface area contributed by atoms with Crippen LogP contribution in [0.5, 0.6) is 5.75 Å². The Morgan fingerprint density at radius 3 is 2.83 bits per heavy atom. The number of methoxy groups -OCH3 is 1. The summed E-state index contributed by atoms with van der Waals surface area (Å²) in [5.74, 6) is -0.547. The summed E-state index contributed by atoms with van der Waals surface area (Å²) in [6, 6.07) is 6.88. The summed E-state index contributed by atoms with van der Waals surface area (Å²) in [5, 5.41) is 1.83. The summed E-state index contributed by atoms with van der Waals surface area (Å²) in [6.45, 7) is 1.44. The third kappa shape index (κ3) is 2.90. The molecule has 0 bridgehead atoms. The Morgan fingerprint density at radius 1 is 1.38 bits per heavy atom. The highest BCUT2D eigenvalue weighted by Gasteiger charge is 2.29. The first kappa shape index (κ1) is 16.2. The molecule has 2 heterocycles. The number of benzene rings is 1. The zero-order valence-electron chi connectivity index (χ0n) is 13.2. The van der Waals surface area contributed by atoms with Crippen molar-refractivity contribution in [2.75, 3.05) is 25.2 Å². The topological polar surface area (TPSA) is 72.9 Å². The van der Waals surface area contributed by atoms with Crippen LogP contribution in [0.1, 0.15) is 20.8 Å². The first-order valence-corrected chi connectivity index (χ1v) is 8.12. The number of ketones is 1. The maximum atomic E-state index is 12.7. The highest BCUT2D eigenvalue weighted by molar-refractivity contribution is 7.12. The van der Waals surface area contributed by atoms with Crippen LogP contribution in [0.15, 0.2) is 29.6 Å². The summed E-state index contributed by atoms with van der Waals surface area (Å²) in [4.78, 5) is 38.3. The number of hydrogen-bond acceptors (Lipinski definition) is 6. The van der Waals surface area contributed by atoms with E-state index in [1.807, 2.05) is 18.4 Å². The lowest BCUT2D eigenvalue weighted by molar-refractivity contribution is -0.140. The Hall–Kier alpha value is -2.67. The van der Waals surface area contributed by atoms with Gasteiger partial charge in [-0.3, -0.25) is 19.3 Å². The molecule has 2 aromatic rings. The average Bonchev–Trinajstić information content (AvgIpc) is 3.11. The van der Waals surface area contributed by atoms with Gasteiger partial charge in [0.15, 0.2) is 6.61 Å². The molecule has 0 saturated heterocycles. The predicted octanol–water partition coefficient (Wildman–Crippen LogP) is 2.19. The highest BCUT2D eigenvalue weighted by Crippen LogP contribution is 2.35. The predicted molar refractivity (Wildman–Crippen MR) is 88.8 cm³/mol. The fraction of sp³-hybridized carbons (Fsp3) is 0.235. The van der Waals surface area contributed by atoms with E-state index in [9.17, 15) is 14.4 Å². The van der Waals surface area contributed by atoms with Crippen molar-refractivity contribution in [1.29, 1.82) is 0 Å². The molecule has 1 amide bonds. The molecule has 6 nitrogen and oxygen atoms in total. The van der Waals surface area contributed by atoms with Crippen molar-refractivity contribution in [3.8, 4) is 5.75 Å². The molecule has 1 aromatic carbocycles. The number of amides is 1. The van der Waals surface area contributed by atoms with E-state index in [4.69, 9.17) is 4.74 Å². The van der Waals surface area contributed by atoms with Crippen LogP contribution >= 0.6 is 11.3 Å². The summed E-state index contributed by atoms with van der Waals surface area (Å²) < 4.78 is 10.1. The van der Waals surface area contributed by atoms with E-state index in [-0.39, 0.29) is 24.8 Å². The smallest absolute Gasteiger partial charge is 0.325 e. The third-order valence-electron chi connectivity index (χ3n) is 3.75. The van der Waals surface area contributed by atoms with Crippen LogP contribution in [-0.4, -0.2) is 37.9 Å². The highest BCUT2D eigenvalue weighted by atomic mass is 32.1. The number of carbonyl (C=O) groups excluding carboxylic acids is 3. The van der Waals surface area contributed by atoms with E-state index in [2.05, 4.69) is 4.74 Å². The number of carbonyl (C=O) groups is 3. The lowest BCUT2D eigenvalue weighted by atomic mass is 10.0. The number of esters is 1. The molecule has 1 aliphatic heterocycles. The van der Waals surface area contributed by atoms with Gasteiger partial charge in [0.05, 0.1) is 17.7 Å². The Kier molecular flexibility index (Phi) is 4.35. The molecule has 1 aliphatic rings. The first-order valence-electron chi connectivity index (χ1n) is 7.24. The molecule has 0 spiro atoms. The van der Waals surface area contributed by atoms with Crippen molar-refractivity contribution in [2.24, 2.45) is 0 Å². The van der Waals surface area contributed by atoms with Gasteiger partial charge in [0.1, 0.15) is 12.3 Å². The van der Waals surface area contributed by atoms with Crippen LogP contribution in [0.2, 0.25) is 0 Å². The van der Waals surface area contributed by atoms with Gasteiger partial charge in [0.2, 0.25) is 5.78 Å². The molecule has 24 heavy (non-hydrogen) atoms. The second-order valence-corrected chi connectivity index (χ2v) is 6.23. The summed E-state index contributed by atoms with van der Waals surface area (Å²) in [5.41, 5.74) is 1.63. The molecule has 0 fully saturated rings. The van der Waals surface area contributed by atoms with Crippen molar-refractivity contribution < 1.29 is 23.9 Å². The zero-order valence-corrected chi connectivity index (χ0v) is 14.0. The second-order valence-electron chi connectivity index (χ2n) is 5.29. The second kappa shape index (κ2) is 6.45. The van der Waals surface area contributed by atoms with Gasteiger partial charge in [-0.2, -0.15) is 0 Å². The van der Waals surface area contributed by atoms with E-state index in [1.165, 1.54) is 23.3 Å². The molecule has 0 aliphatic carbocycles. The minimum Gasteiger partial charge on any atom is -0.482 e.